The Morgan fingerprint density at radius 3 is 2.45 bits per heavy atom. The summed E-state index contributed by atoms with van der Waals surface area (Å²) in [5.41, 5.74) is 1.02. The van der Waals surface area contributed by atoms with Crippen molar-refractivity contribution in [2.24, 2.45) is 14.1 Å². The largest absolute Gasteiger partial charge is 0.338 e. The molecule has 0 spiro atoms. The molecule has 0 aliphatic heterocycles. The summed E-state index contributed by atoms with van der Waals surface area (Å²) in [6, 6.07) is 6.03. The number of aryl methyl sites for hydroxylation is 2. The summed E-state index contributed by atoms with van der Waals surface area (Å²) in [6.07, 6.45) is 10.2. The lowest BCUT2D eigenvalue weighted by atomic mass is 10.1. The van der Waals surface area contributed by atoms with E-state index in [9.17, 15) is 0 Å². The second-order valence-electron chi connectivity index (χ2n) is 5.31. The molecule has 1 N–H and O–H groups in total. The van der Waals surface area contributed by atoms with Crippen LogP contribution in [0, 0.1) is 0 Å². The van der Waals surface area contributed by atoms with Gasteiger partial charge < -0.3 is 14.5 Å². The first kappa shape index (κ1) is 14.5. The molecule has 0 radical (unpaired) electrons. The summed E-state index contributed by atoms with van der Waals surface area (Å²) in [6.45, 7) is 0.697. The van der Waals surface area contributed by atoms with Crippen LogP contribution in [0.2, 0.25) is 0 Å². The van der Waals surface area contributed by atoms with Crippen molar-refractivity contribution in [2.45, 2.75) is 19.0 Å². The zero-order valence-electron chi connectivity index (χ0n) is 12.8. The van der Waals surface area contributed by atoms with Crippen LogP contribution in [0.1, 0.15) is 23.4 Å². The number of aromatic nitrogens is 5. The van der Waals surface area contributed by atoms with Crippen LogP contribution < -0.4 is 5.32 Å². The van der Waals surface area contributed by atoms with E-state index in [0.717, 1.165) is 23.8 Å². The van der Waals surface area contributed by atoms with E-state index in [1.54, 1.807) is 0 Å². The first-order valence-electron chi connectivity index (χ1n) is 7.31. The second-order valence-corrected chi connectivity index (χ2v) is 5.31. The van der Waals surface area contributed by atoms with Gasteiger partial charge in [-0.1, -0.05) is 6.07 Å². The summed E-state index contributed by atoms with van der Waals surface area (Å²) in [7, 11) is 4.02. The summed E-state index contributed by atoms with van der Waals surface area (Å²) >= 11 is 0. The van der Waals surface area contributed by atoms with Crippen molar-refractivity contribution in [1.82, 2.24) is 29.4 Å². The minimum atomic E-state index is 0.0862. The lowest BCUT2D eigenvalue weighted by Crippen LogP contribution is -2.27. The first-order valence-corrected chi connectivity index (χ1v) is 7.31. The zero-order chi connectivity index (χ0) is 15.4. The minimum Gasteiger partial charge on any atom is -0.338 e. The molecule has 3 aromatic heterocycles. The van der Waals surface area contributed by atoms with Crippen molar-refractivity contribution in [3.63, 3.8) is 0 Å². The van der Waals surface area contributed by atoms with E-state index in [2.05, 4.69) is 20.3 Å². The maximum absolute atomic E-state index is 4.48. The highest BCUT2D eigenvalue weighted by Crippen LogP contribution is 2.16. The average molecular weight is 296 g/mol. The fourth-order valence-corrected chi connectivity index (χ4v) is 2.47. The van der Waals surface area contributed by atoms with Crippen LogP contribution in [0.5, 0.6) is 0 Å². The van der Waals surface area contributed by atoms with Crippen LogP contribution in [-0.2, 0) is 27.1 Å². The lowest BCUT2D eigenvalue weighted by Gasteiger charge is -2.18. The molecule has 6 heteroatoms. The fraction of sp³-hybridized carbons (Fsp3) is 0.312. The molecule has 0 saturated carbocycles. The Hall–Kier alpha value is -2.47. The molecule has 0 aliphatic rings. The molecule has 0 fully saturated rings. The van der Waals surface area contributed by atoms with E-state index in [4.69, 9.17) is 0 Å². The molecule has 3 rings (SSSR count). The van der Waals surface area contributed by atoms with Crippen LogP contribution >= 0.6 is 0 Å². The summed E-state index contributed by atoms with van der Waals surface area (Å²) in [5, 5.41) is 3.55. The standard InChI is InChI=1S/C16H20N6/c1-21-9-7-18-15(21)11-14(16-19-8-10-22(16)2)20-12-13-5-3-4-6-17-13/h3-10,14,20H,11-12H2,1-2H3. The number of nitrogens with one attached hydrogen (secondary N) is 1. The minimum absolute atomic E-state index is 0.0862. The summed E-state index contributed by atoms with van der Waals surface area (Å²) < 4.78 is 4.08. The molecular weight excluding hydrogens is 276 g/mol. The Morgan fingerprint density at radius 1 is 1.00 bits per heavy atom. The van der Waals surface area contributed by atoms with Crippen molar-refractivity contribution in [3.05, 3.63) is 66.5 Å². The van der Waals surface area contributed by atoms with E-state index in [0.29, 0.717) is 6.54 Å². The summed E-state index contributed by atoms with van der Waals surface area (Å²) in [4.78, 5) is 13.3. The van der Waals surface area contributed by atoms with Gasteiger partial charge >= 0.3 is 0 Å². The van der Waals surface area contributed by atoms with Crippen LogP contribution in [-0.4, -0.2) is 24.1 Å². The smallest absolute Gasteiger partial charge is 0.126 e. The van der Waals surface area contributed by atoms with Crippen molar-refractivity contribution < 1.29 is 0 Å². The zero-order valence-corrected chi connectivity index (χ0v) is 12.8. The monoisotopic (exact) mass is 296 g/mol. The number of rotatable bonds is 6. The Bertz CT molecular complexity index is 715. The molecule has 0 saturated heterocycles. The molecular formula is C16H20N6. The molecule has 3 heterocycles. The predicted octanol–water partition coefficient (Wildman–Crippen LogP) is 1.62. The van der Waals surface area contributed by atoms with Crippen LogP contribution in [0.25, 0.3) is 0 Å². The van der Waals surface area contributed by atoms with Crippen LogP contribution in [0.15, 0.2) is 49.2 Å². The van der Waals surface area contributed by atoms with Gasteiger partial charge in [-0.05, 0) is 12.1 Å². The molecule has 0 amide bonds. The Labute approximate surface area is 129 Å². The highest BCUT2D eigenvalue weighted by molar-refractivity contribution is 5.07. The van der Waals surface area contributed by atoms with E-state index in [-0.39, 0.29) is 6.04 Å². The van der Waals surface area contributed by atoms with E-state index in [1.807, 2.05) is 72.4 Å². The highest BCUT2D eigenvalue weighted by Gasteiger charge is 2.18. The number of nitrogens with zero attached hydrogens (tertiary/aromatic N) is 5. The highest BCUT2D eigenvalue weighted by atomic mass is 15.1. The van der Waals surface area contributed by atoms with Gasteiger partial charge in [0, 0.05) is 58.0 Å². The maximum Gasteiger partial charge on any atom is 0.126 e. The molecule has 3 aromatic rings. The van der Waals surface area contributed by atoms with Crippen LogP contribution in [0.4, 0.5) is 0 Å². The van der Waals surface area contributed by atoms with Crippen molar-refractivity contribution in [2.75, 3.05) is 0 Å². The van der Waals surface area contributed by atoms with Crippen LogP contribution in [0.3, 0.4) is 0 Å². The van der Waals surface area contributed by atoms with Gasteiger partial charge in [-0.15, -0.1) is 0 Å². The van der Waals surface area contributed by atoms with Gasteiger partial charge in [-0.3, -0.25) is 4.98 Å². The lowest BCUT2D eigenvalue weighted by molar-refractivity contribution is 0.473. The van der Waals surface area contributed by atoms with E-state index >= 15 is 0 Å². The Balaban J connectivity index is 1.77. The van der Waals surface area contributed by atoms with Crippen molar-refractivity contribution in [1.29, 1.82) is 0 Å². The molecule has 0 bridgehead atoms. The SMILES string of the molecule is Cn1ccnc1CC(NCc1ccccn1)c1nccn1C. The molecule has 1 unspecified atom stereocenters. The second kappa shape index (κ2) is 6.53. The average Bonchev–Trinajstić information content (AvgIpc) is 3.13. The third kappa shape index (κ3) is 3.23. The molecule has 0 aliphatic carbocycles. The van der Waals surface area contributed by atoms with Gasteiger partial charge in [0.15, 0.2) is 0 Å². The van der Waals surface area contributed by atoms with Crippen molar-refractivity contribution in [3.8, 4) is 0 Å². The number of imidazole rings is 2. The van der Waals surface area contributed by atoms with Gasteiger partial charge in [0.1, 0.15) is 11.6 Å². The predicted molar refractivity (Wildman–Crippen MR) is 83.9 cm³/mol. The molecule has 0 aromatic carbocycles. The quantitative estimate of drug-likeness (QED) is 0.751. The number of hydrogen-bond donors (Lipinski definition) is 1. The van der Waals surface area contributed by atoms with Gasteiger partial charge in [-0.25, -0.2) is 9.97 Å². The fourth-order valence-electron chi connectivity index (χ4n) is 2.47. The summed E-state index contributed by atoms with van der Waals surface area (Å²) in [5.74, 6) is 2.03. The topological polar surface area (TPSA) is 60.6 Å². The first-order chi connectivity index (χ1) is 10.7. The van der Waals surface area contributed by atoms with Crippen molar-refractivity contribution >= 4 is 0 Å². The Morgan fingerprint density at radius 2 is 1.82 bits per heavy atom. The molecule has 22 heavy (non-hydrogen) atoms. The maximum atomic E-state index is 4.48. The van der Waals surface area contributed by atoms with Gasteiger partial charge in [0.25, 0.3) is 0 Å². The molecule has 1 atom stereocenters. The van der Waals surface area contributed by atoms with Gasteiger partial charge in [0.2, 0.25) is 0 Å². The molecule has 6 nitrogen and oxygen atoms in total. The number of hydrogen-bond acceptors (Lipinski definition) is 4. The normalized spacial score (nSPS) is 12.5. The third-order valence-corrected chi connectivity index (χ3v) is 3.73. The number of pyridine rings is 1. The van der Waals surface area contributed by atoms with E-state index in [1.165, 1.54) is 0 Å². The van der Waals surface area contributed by atoms with Gasteiger partial charge in [-0.2, -0.15) is 0 Å². The third-order valence-electron chi connectivity index (χ3n) is 3.73. The molecule has 114 valence electrons. The Kier molecular flexibility index (Phi) is 4.29. The van der Waals surface area contributed by atoms with Gasteiger partial charge in [0.05, 0.1) is 11.7 Å². The van der Waals surface area contributed by atoms with E-state index < -0.39 is 0 Å².